The maximum absolute atomic E-state index is 11.5. The molecule has 0 radical (unpaired) electrons. The maximum Gasteiger partial charge on any atom is 0.323 e. The number of imidazole rings is 1. The number of carboxylic acids is 1. The van der Waals surface area contributed by atoms with Crippen molar-refractivity contribution in [3.63, 3.8) is 0 Å². The van der Waals surface area contributed by atoms with E-state index in [1.807, 2.05) is 36.4 Å². The third kappa shape index (κ3) is 5.52. The second-order valence-electron chi connectivity index (χ2n) is 7.96. The SMILES string of the molecule is O=C(O)CN(CCCN(Cc1ccc2c(c1)OCO2)c1ccccc1)c1nc(-n2ccnc2)ns1. The van der Waals surface area contributed by atoms with Gasteiger partial charge >= 0.3 is 5.97 Å². The molecular formula is C24H24N6O4S. The number of anilines is 2. The summed E-state index contributed by atoms with van der Waals surface area (Å²) in [5.74, 6) is 1.08. The van der Waals surface area contributed by atoms with Gasteiger partial charge in [-0.2, -0.15) is 9.36 Å². The van der Waals surface area contributed by atoms with E-state index in [0.717, 1.165) is 35.7 Å². The van der Waals surface area contributed by atoms with E-state index in [-0.39, 0.29) is 13.3 Å². The summed E-state index contributed by atoms with van der Waals surface area (Å²) < 4.78 is 17.0. The molecule has 0 saturated carbocycles. The Hall–Kier alpha value is -4.12. The van der Waals surface area contributed by atoms with E-state index in [4.69, 9.17) is 9.47 Å². The molecular weight excluding hydrogens is 468 g/mol. The Morgan fingerprint density at radius 3 is 2.71 bits per heavy atom. The van der Waals surface area contributed by atoms with Crippen molar-refractivity contribution in [1.29, 1.82) is 0 Å². The topological polar surface area (TPSA) is 106 Å². The van der Waals surface area contributed by atoms with E-state index in [2.05, 4.69) is 31.4 Å². The minimum atomic E-state index is -0.912. The predicted molar refractivity (Wildman–Crippen MR) is 132 cm³/mol. The minimum Gasteiger partial charge on any atom is -0.480 e. The van der Waals surface area contributed by atoms with Crippen LogP contribution in [-0.4, -0.2) is 56.4 Å². The summed E-state index contributed by atoms with van der Waals surface area (Å²) in [6.07, 6.45) is 5.74. The Morgan fingerprint density at radius 1 is 1.09 bits per heavy atom. The van der Waals surface area contributed by atoms with Crippen LogP contribution in [0.15, 0.2) is 67.3 Å². The van der Waals surface area contributed by atoms with E-state index in [1.165, 1.54) is 11.5 Å². The second-order valence-corrected chi connectivity index (χ2v) is 8.69. The smallest absolute Gasteiger partial charge is 0.323 e. The van der Waals surface area contributed by atoms with Crippen LogP contribution in [-0.2, 0) is 11.3 Å². The van der Waals surface area contributed by atoms with Crippen LogP contribution in [0.3, 0.4) is 0 Å². The van der Waals surface area contributed by atoms with E-state index < -0.39 is 5.97 Å². The van der Waals surface area contributed by atoms with E-state index in [0.29, 0.717) is 24.2 Å². The van der Waals surface area contributed by atoms with Gasteiger partial charge in [0.15, 0.2) is 11.5 Å². The first-order valence-electron chi connectivity index (χ1n) is 11.1. The van der Waals surface area contributed by atoms with Crippen molar-refractivity contribution in [2.75, 3.05) is 36.2 Å². The second kappa shape index (κ2) is 10.4. The highest BCUT2D eigenvalue weighted by Gasteiger charge is 2.18. The number of benzene rings is 2. The van der Waals surface area contributed by atoms with Gasteiger partial charge in [-0.05, 0) is 36.2 Å². The molecule has 1 aliphatic rings. The fraction of sp³-hybridized carbons (Fsp3) is 0.250. The van der Waals surface area contributed by atoms with Gasteiger partial charge in [-0.15, -0.1) is 0 Å². The Kier molecular flexibility index (Phi) is 6.75. The Morgan fingerprint density at radius 2 is 1.91 bits per heavy atom. The molecule has 4 aromatic rings. The molecule has 0 unspecified atom stereocenters. The highest BCUT2D eigenvalue weighted by Crippen LogP contribution is 2.33. The molecule has 0 bridgehead atoms. The number of aromatic nitrogens is 4. The van der Waals surface area contributed by atoms with E-state index in [9.17, 15) is 9.90 Å². The molecule has 0 atom stereocenters. The number of ether oxygens (including phenoxy) is 2. The van der Waals surface area contributed by atoms with Crippen molar-refractivity contribution in [3.8, 4) is 17.4 Å². The zero-order valence-electron chi connectivity index (χ0n) is 18.9. The predicted octanol–water partition coefficient (Wildman–Crippen LogP) is 3.44. The van der Waals surface area contributed by atoms with Crippen LogP contribution >= 0.6 is 11.5 Å². The Labute approximate surface area is 206 Å². The fourth-order valence-electron chi connectivity index (χ4n) is 3.87. The number of para-hydroxylation sites is 1. The summed E-state index contributed by atoms with van der Waals surface area (Å²) in [7, 11) is 0. The lowest BCUT2D eigenvalue weighted by Crippen LogP contribution is -2.33. The van der Waals surface area contributed by atoms with Crippen molar-refractivity contribution < 1.29 is 19.4 Å². The van der Waals surface area contributed by atoms with Gasteiger partial charge in [0.05, 0.1) is 0 Å². The molecule has 3 heterocycles. The molecule has 5 rings (SSSR count). The van der Waals surface area contributed by atoms with Crippen LogP contribution in [0, 0.1) is 0 Å². The summed E-state index contributed by atoms with van der Waals surface area (Å²) in [6, 6.07) is 16.1. The lowest BCUT2D eigenvalue weighted by Gasteiger charge is -2.27. The molecule has 1 aliphatic heterocycles. The van der Waals surface area contributed by atoms with Gasteiger partial charge in [0.1, 0.15) is 12.9 Å². The van der Waals surface area contributed by atoms with Gasteiger partial charge in [-0.25, -0.2) is 4.98 Å². The number of aliphatic carboxylic acids is 1. The van der Waals surface area contributed by atoms with Crippen molar-refractivity contribution in [3.05, 3.63) is 72.8 Å². The first-order valence-corrected chi connectivity index (χ1v) is 11.9. The highest BCUT2D eigenvalue weighted by atomic mass is 32.1. The van der Waals surface area contributed by atoms with Crippen molar-refractivity contribution in [2.24, 2.45) is 0 Å². The van der Waals surface area contributed by atoms with Gasteiger partial charge in [-0.1, -0.05) is 24.3 Å². The monoisotopic (exact) mass is 492 g/mol. The number of hydrogen-bond acceptors (Lipinski definition) is 9. The molecule has 180 valence electrons. The van der Waals surface area contributed by atoms with Crippen molar-refractivity contribution in [2.45, 2.75) is 13.0 Å². The summed E-state index contributed by atoms with van der Waals surface area (Å²) in [6.45, 7) is 2.03. The Bertz CT molecular complexity index is 1260. The van der Waals surface area contributed by atoms with E-state index >= 15 is 0 Å². The number of fused-ring (bicyclic) bond motifs is 1. The van der Waals surface area contributed by atoms with Gasteiger partial charge < -0.3 is 24.4 Å². The molecule has 11 heteroatoms. The Balaban J connectivity index is 1.28. The van der Waals surface area contributed by atoms with Crippen LogP contribution in [0.25, 0.3) is 5.95 Å². The number of carbonyl (C=O) groups is 1. The molecule has 0 fully saturated rings. The molecule has 1 N–H and O–H groups in total. The van der Waals surface area contributed by atoms with Gasteiger partial charge in [-0.3, -0.25) is 9.36 Å². The van der Waals surface area contributed by atoms with Crippen LogP contribution < -0.4 is 19.3 Å². The standard InChI is InChI=1S/C24H24N6O4S/c31-22(32)15-29(24-26-23(27-35-24)30-12-9-25-16-30)11-4-10-28(19-5-2-1-3-6-19)14-18-7-8-20-21(13-18)34-17-33-20/h1-3,5-9,12-13,16H,4,10-11,14-15,17H2,(H,31,32). The number of nitrogens with zero attached hydrogens (tertiary/aromatic N) is 6. The third-order valence-electron chi connectivity index (χ3n) is 5.52. The molecule has 0 saturated heterocycles. The lowest BCUT2D eigenvalue weighted by molar-refractivity contribution is -0.135. The highest BCUT2D eigenvalue weighted by molar-refractivity contribution is 7.09. The van der Waals surface area contributed by atoms with Gasteiger partial charge in [0, 0.05) is 49.2 Å². The van der Waals surface area contributed by atoms with Gasteiger partial charge in [0.25, 0.3) is 0 Å². The molecule has 0 aliphatic carbocycles. The lowest BCUT2D eigenvalue weighted by atomic mass is 10.1. The average molecular weight is 493 g/mol. The summed E-state index contributed by atoms with van der Waals surface area (Å²) in [5.41, 5.74) is 2.20. The molecule has 0 amide bonds. The quantitative estimate of drug-likeness (QED) is 0.337. The summed E-state index contributed by atoms with van der Waals surface area (Å²) in [4.78, 5) is 24.1. The van der Waals surface area contributed by atoms with Crippen molar-refractivity contribution in [1.82, 2.24) is 18.9 Å². The summed E-state index contributed by atoms with van der Waals surface area (Å²) >= 11 is 1.18. The number of carboxylic acid groups (broad SMARTS) is 1. The zero-order valence-corrected chi connectivity index (χ0v) is 19.7. The average Bonchev–Trinajstić information content (AvgIpc) is 3.64. The number of rotatable bonds is 11. The zero-order chi connectivity index (χ0) is 24.0. The van der Waals surface area contributed by atoms with Crippen LogP contribution in [0.1, 0.15) is 12.0 Å². The normalized spacial score (nSPS) is 12.0. The fourth-order valence-corrected chi connectivity index (χ4v) is 4.57. The minimum absolute atomic E-state index is 0.147. The number of hydrogen-bond donors (Lipinski definition) is 1. The largest absolute Gasteiger partial charge is 0.480 e. The molecule has 2 aromatic heterocycles. The first-order chi connectivity index (χ1) is 17.2. The molecule has 35 heavy (non-hydrogen) atoms. The summed E-state index contributed by atoms with van der Waals surface area (Å²) in [5, 5.41) is 10.0. The van der Waals surface area contributed by atoms with Crippen molar-refractivity contribution >= 4 is 28.3 Å². The first kappa shape index (κ1) is 22.7. The van der Waals surface area contributed by atoms with Crippen LogP contribution in [0.4, 0.5) is 10.8 Å². The van der Waals surface area contributed by atoms with E-state index in [1.54, 1.807) is 28.2 Å². The molecule has 0 spiro atoms. The van der Waals surface area contributed by atoms with Crippen LogP contribution in [0.2, 0.25) is 0 Å². The molecule has 10 nitrogen and oxygen atoms in total. The maximum atomic E-state index is 11.5. The third-order valence-corrected chi connectivity index (χ3v) is 6.29. The van der Waals surface area contributed by atoms with Gasteiger partial charge in [0.2, 0.25) is 17.9 Å². The molecule has 2 aromatic carbocycles. The van der Waals surface area contributed by atoms with Crippen LogP contribution in [0.5, 0.6) is 11.5 Å².